The van der Waals surface area contributed by atoms with Gasteiger partial charge in [-0.15, -0.1) is 0 Å². The first-order valence-corrected chi connectivity index (χ1v) is 29.0. The Morgan fingerprint density at radius 2 is 1.34 bits per heavy atom. The number of aryl methyl sites for hydroxylation is 2. The molecule has 3 aromatic rings. The molecule has 4 aliphatic rings. The van der Waals surface area contributed by atoms with Gasteiger partial charge in [0.15, 0.2) is 5.60 Å². The molecule has 0 saturated carbocycles. The highest BCUT2D eigenvalue weighted by atomic mass is 16.6. The molecule has 0 unspecified atom stereocenters. The predicted molar refractivity (Wildman–Crippen MR) is 305 cm³/mol. The van der Waals surface area contributed by atoms with Crippen LogP contribution in [0.4, 0.5) is 5.69 Å². The zero-order chi connectivity index (χ0) is 63.3. The number of carboxylic acid groups (broad SMARTS) is 3. The highest BCUT2D eigenvalue weighted by Crippen LogP contribution is 2.43. The molecule has 87 heavy (non-hydrogen) atoms. The summed E-state index contributed by atoms with van der Waals surface area (Å²) >= 11 is 0. The number of amides is 7. The Hall–Kier alpha value is -8.47. The van der Waals surface area contributed by atoms with Crippen molar-refractivity contribution in [2.24, 2.45) is 5.92 Å². The first-order chi connectivity index (χ1) is 41.4. The summed E-state index contributed by atoms with van der Waals surface area (Å²) < 4.78 is 23.5. The molecule has 5 heterocycles. The van der Waals surface area contributed by atoms with E-state index in [1.165, 1.54) is 6.92 Å². The van der Waals surface area contributed by atoms with Crippen LogP contribution in [0.15, 0.2) is 35.1 Å². The van der Waals surface area contributed by atoms with Crippen LogP contribution in [0.3, 0.4) is 0 Å². The minimum atomic E-state index is -1.99. The lowest BCUT2D eigenvalue weighted by Gasteiger charge is -2.34. The van der Waals surface area contributed by atoms with Gasteiger partial charge in [0.1, 0.15) is 30.3 Å². The third-order valence-corrected chi connectivity index (χ3v) is 15.6. The number of rotatable bonds is 34. The Morgan fingerprint density at radius 3 is 1.94 bits per heavy atom. The average molecular weight is 1220 g/mol. The van der Waals surface area contributed by atoms with E-state index in [4.69, 9.17) is 23.9 Å². The number of cyclic esters (lactones) is 1. The van der Waals surface area contributed by atoms with Gasteiger partial charge in [-0.1, -0.05) is 27.2 Å². The van der Waals surface area contributed by atoms with Gasteiger partial charge in [-0.05, 0) is 87.1 Å². The van der Waals surface area contributed by atoms with Gasteiger partial charge in [-0.25, -0.2) is 9.78 Å². The minimum absolute atomic E-state index is 0.00871. The fraction of sp³-hybridized carbons (Fsp3) is 0.542. The number of hydrogen-bond acceptors (Lipinski definition) is 18. The molecule has 2 aromatic heterocycles. The fourth-order valence-corrected chi connectivity index (χ4v) is 10.9. The Kier molecular flexibility index (Phi) is 22.2. The van der Waals surface area contributed by atoms with Crippen LogP contribution in [0.1, 0.15) is 126 Å². The lowest BCUT2D eigenvalue weighted by molar-refractivity contribution is -0.172. The Labute approximate surface area is 499 Å². The van der Waals surface area contributed by atoms with Gasteiger partial charge in [0.25, 0.3) is 17.4 Å². The third kappa shape index (κ3) is 16.1. The summed E-state index contributed by atoms with van der Waals surface area (Å²) in [4.78, 5) is 161. The van der Waals surface area contributed by atoms with Gasteiger partial charge >= 0.3 is 23.9 Å². The van der Waals surface area contributed by atoms with Crippen LogP contribution in [0.5, 0.6) is 0 Å². The van der Waals surface area contributed by atoms with Crippen molar-refractivity contribution in [1.82, 2.24) is 35.7 Å². The molecular weight excluding hydrogens is 1140 g/mol. The quantitative estimate of drug-likeness (QED) is 0.0180. The topological polar surface area (TPSA) is 404 Å². The fourth-order valence-electron chi connectivity index (χ4n) is 10.9. The standard InChI is InChI=1S/C59H74N8O20/c1-5-59(83)38-26-42-52-36(27-67(42)56(81)37(38)28-87-57(59)82)34-10-9-11-35-39(13-14-40(62-52)50(34)35)63-53(78)33(4)60-55(80)51(32(2)3)64-54(79)41(61-43(68)12-7-6-8-22-66-45(70)17-18-46(66)71)15-16-44(69)65-58(29-84-23-19-47(72)73,30-85-24-20-48(74)75)31-86-25-21-49(76)77/h13-14,17-18,26,32-33,41,51,83H,5-12,15-16,19-25,27-31H2,1-4H3,(H,60,80)(H,61,68)(H,63,78)(H,64,79)(H,65,69)(H,72,73)(H,74,75)(H,76,77)/t33-,41-,51-,59-/m0/s1. The van der Waals surface area contributed by atoms with Crippen molar-refractivity contribution in [3.8, 4) is 11.4 Å². The van der Waals surface area contributed by atoms with Gasteiger partial charge in [0.05, 0.1) is 87.9 Å². The molecule has 0 spiro atoms. The first-order valence-electron chi connectivity index (χ1n) is 29.0. The zero-order valence-electron chi connectivity index (χ0n) is 48.9. The molecule has 1 aromatic carbocycles. The number of anilines is 1. The maximum atomic E-state index is 14.4. The molecule has 0 fully saturated rings. The lowest BCUT2D eigenvalue weighted by Crippen LogP contribution is -2.59. The predicted octanol–water partition coefficient (Wildman–Crippen LogP) is 1.23. The van der Waals surface area contributed by atoms with Crippen molar-refractivity contribution in [2.45, 2.75) is 154 Å². The molecule has 9 N–H and O–H groups in total. The molecule has 7 amide bonds. The highest BCUT2D eigenvalue weighted by Gasteiger charge is 2.46. The molecule has 0 radical (unpaired) electrons. The maximum Gasteiger partial charge on any atom is 0.343 e. The van der Waals surface area contributed by atoms with Gasteiger partial charge in [-0.3, -0.25) is 57.6 Å². The number of hydrogen-bond donors (Lipinski definition) is 9. The number of aliphatic hydroxyl groups is 1. The van der Waals surface area contributed by atoms with E-state index in [1.54, 1.807) is 43.5 Å². The van der Waals surface area contributed by atoms with Crippen molar-refractivity contribution in [2.75, 3.05) is 51.5 Å². The summed E-state index contributed by atoms with van der Waals surface area (Å²) in [5.41, 5.74) is 0.962. The van der Waals surface area contributed by atoms with E-state index in [-0.39, 0.29) is 69.9 Å². The van der Waals surface area contributed by atoms with E-state index in [0.29, 0.717) is 54.7 Å². The largest absolute Gasteiger partial charge is 0.481 e. The van der Waals surface area contributed by atoms with Crippen LogP contribution < -0.4 is 32.1 Å². The van der Waals surface area contributed by atoms with E-state index in [0.717, 1.165) is 39.1 Å². The number of aromatic nitrogens is 2. The van der Waals surface area contributed by atoms with Crippen molar-refractivity contribution < 1.29 is 92.1 Å². The van der Waals surface area contributed by atoms with Gasteiger partial charge in [0.2, 0.25) is 29.5 Å². The van der Waals surface area contributed by atoms with Crippen molar-refractivity contribution in [3.05, 3.63) is 68.5 Å². The van der Waals surface area contributed by atoms with Crippen LogP contribution in [0.25, 0.3) is 22.3 Å². The number of unbranched alkanes of at least 4 members (excludes halogenated alkanes) is 2. The number of carbonyl (C=O) groups is 11. The van der Waals surface area contributed by atoms with Crippen LogP contribution in [0, 0.1) is 5.92 Å². The van der Waals surface area contributed by atoms with Crippen molar-refractivity contribution >= 4 is 81.8 Å². The third-order valence-electron chi connectivity index (χ3n) is 15.6. The number of nitrogens with one attached hydrogen (secondary N) is 5. The van der Waals surface area contributed by atoms with E-state index >= 15 is 0 Å². The Bertz CT molecular complexity index is 3230. The molecule has 4 atom stereocenters. The number of benzene rings is 1. The van der Waals surface area contributed by atoms with E-state index in [1.807, 2.05) is 0 Å². The molecule has 470 valence electrons. The molecular formula is C59H74N8O20. The van der Waals surface area contributed by atoms with Gasteiger partial charge in [-0.2, -0.15) is 0 Å². The number of fused-ring (bicyclic) bond motifs is 5. The second-order valence-corrected chi connectivity index (χ2v) is 22.4. The molecule has 7 rings (SSSR count). The molecule has 1 aliphatic carbocycles. The number of pyridine rings is 2. The van der Waals surface area contributed by atoms with Crippen molar-refractivity contribution in [1.29, 1.82) is 0 Å². The van der Waals surface area contributed by atoms with Crippen LogP contribution in [-0.4, -0.2) is 170 Å². The number of esters is 1. The Morgan fingerprint density at radius 1 is 0.724 bits per heavy atom. The minimum Gasteiger partial charge on any atom is -0.481 e. The summed E-state index contributed by atoms with van der Waals surface area (Å²) in [5, 5.41) is 53.4. The van der Waals surface area contributed by atoms with E-state index in [2.05, 4.69) is 26.6 Å². The molecule has 0 bridgehead atoms. The number of carboxylic acids is 3. The summed E-state index contributed by atoms with van der Waals surface area (Å²) in [6, 6.07) is 1.12. The SMILES string of the molecule is CC[C@@]1(O)C(=O)OCc2c1cc1n(c2=O)Cc2c-1nc1ccc(NC(=O)[C@H](C)NC(=O)[C@@H](NC(=O)[C@H](CCC(=O)NC(COCCC(=O)O)(COCCC(=O)O)COCCC(=O)O)NC(=O)CCCCCN3C(=O)C=CC3=O)C(C)C)c3c1c2CCC3. The molecule has 28 nitrogen and oxygen atoms in total. The first kappa shape index (κ1) is 66.1. The Balaban J connectivity index is 1.05. The lowest BCUT2D eigenvalue weighted by atomic mass is 9.85. The van der Waals surface area contributed by atoms with E-state index < -0.39 is 158 Å². The number of imide groups is 1. The summed E-state index contributed by atoms with van der Waals surface area (Å²) in [6.07, 6.45) is 2.90. The maximum absolute atomic E-state index is 14.4. The average Bonchev–Trinajstić information content (AvgIpc) is 1.66. The highest BCUT2D eigenvalue weighted by molar-refractivity contribution is 6.13. The summed E-state index contributed by atoms with van der Waals surface area (Å²) in [6.45, 7) is 4.03. The number of ether oxygens (including phenoxy) is 4. The van der Waals surface area contributed by atoms with Crippen LogP contribution in [-0.2, 0) is 103 Å². The zero-order valence-corrected chi connectivity index (χ0v) is 48.9. The summed E-state index contributed by atoms with van der Waals surface area (Å²) in [7, 11) is 0. The monoisotopic (exact) mass is 1210 g/mol. The normalized spacial score (nSPS) is 16.8. The molecule has 0 saturated heterocycles. The van der Waals surface area contributed by atoms with Crippen LogP contribution in [0.2, 0.25) is 0 Å². The van der Waals surface area contributed by atoms with Gasteiger partial charge < -0.3 is 70.5 Å². The molecule has 3 aliphatic heterocycles. The second-order valence-electron chi connectivity index (χ2n) is 22.4. The summed E-state index contributed by atoms with van der Waals surface area (Å²) in [5.74, 6) is -9.60. The van der Waals surface area contributed by atoms with Crippen LogP contribution >= 0.6 is 0 Å². The number of aliphatic carboxylic acids is 3. The number of nitrogens with zero attached hydrogens (tertiary/aromatic N) is 3. The number of carbonyl (C=O) groups excluding carboxylic acids is 8. The van der Waals surface area contributed by atoms with Crippen molar-refractivity contribution in [3.63, 3.8) is 0 Å². The van der Waals surface area contributed by atoms with E-state index in [9.17, 15) is 78.0 Å². The second kappa shape index (κ2) is 29.3. The smallest absolute Gasteiger partial charge is 0.343 e. The molecule has 28 heteroatoms. The van der Waals surface area contributed by atoms with Gasteiger partial charge in [0, 0.05) is 53.7 Å².